The Labute approximate surface area is 71.9 Å². The van der Waals surface area contributed by atoms with E-state index >= 15 is 0 Å². The Balaban J connectivity index is 4.91. The molecule has 4 heteroatoms. The van der Waals surface area contributed by atoms with Crippen molar-refractivity contribution < 1.29 is 0 Å². The van der Waals surface area contributed by atoms with E-state index in [4.69, 9.17) is 16.7 Å². The van der Waals surface area contributed by atoms with E-state index in [1.165, 1.54) is 6.20 Å². The summed E-state index contributed by atoms with van der Waals surface area (Å²) in [5, 5.41) is 8.61. The van der Waals surface area contributed by atoms with Crippen LogP contribution in [0.5, 0.6) is 0 Å². The highest BCUT2D eigenvalue weighted by molar-refractivity contribution is 6.11. The smallest absolute Gasteiger partial charge is 0.145 e. The molecule has 0 bridgehead atoms. The maximum atomic E-state index is 8.61. The van der Waals surface area contributed by atoms with E-state index in [1.807, 2.05) is 6.07 Å². The second kappa shape index (κ2) is 5.10. The first-order chi connectivity index (χ1) is 5.67. The lowest BCUT2D eigenvalue weighted by atomic mass is 10.1. The first-order valence-electron chi connectivity index (χ1n) is 3.41. The van der Waals surface area contributed by atoms with Crippen LogP contribution in [0.15, 0.2) is 29.0 Å². The molecule has 0 fully saturated rings. The van der Waals surface area contributed by atoms with Crippen molar-refractivity contribution >= 4 is 5.71 Å². The van der Waals surface area contributed by atoms with Crippen molar-refractivity contribution in [3.05, 3.63) is 24.0 Å². The molecule has 0 aromatic carbocycles. The van der Waals surface area contributed by atoms with Crippen LogP contribution in [0.25, 0.3) is 0 Å². The standard InChI is InChI=1S/C8H12N4/c1-3-12-8(5-10)6(2)7(11)4-9/h3H,1,4,9,11H2,2H3/b7-6+,12-8?. The van der Waals surface area contributed by atoms with Crippen molar-refractivity contribution in [1.29, 1.82) is 5.26 Å². The first kappa shape index (κ1) is 10.4. The molecule has 0 aliphatic carbocycles. The summed E-state index contributed by atoms with van der Waals surface area (Å²) >= 11 is 0. The summed E-state index contributed by atoms with van der Waals surface area (Å²) in [5.41, 5.74) is 12.1. The fourth-order valence-corrected chi connectivity index (χ4v) is 0.606. The van der Waals surface area contributed by atoms with E-state index in [-0.39, 0.29) is 12.3 Å². The van der Waals surface area contributed by atoms with Gasteiger partial charge in [-0.1, -0.05) is 6.58 Å². The number of nitriles is 1. The lowest BCUT2D eigenvalue weighted by molar-refractivity contribution is 1.08. The molecule has 12 heavy (non-hydrogen) atoms. The molecule has 0 aromatic heterocycles. The predicted molar refractivity (Wildman–Crippen MR) is 49.2 cm³/mol. The van der Waals surface area contributed by atoms with Crippen molar-refractivity contribution in [3.8, 4) is 6.07 Å². The van der Waals surface area contributed by atoms with Gasteiger partial charge in [0.2, 0.25) is 0 Å². The zero-order valence-electron chi connectivity index (χ0n) is 7.04. The summed E-state index contributed by atoms with van der Waals surface area (Å²) in [6, 6.07) is 1.90. The zero-order valence-corrected chi connectivity index (χ0v) is 7.04. The summed E-state index contributed by atoms with van der Waals surface area (Å²) in [7, 11) is 0. The SMILES string of the molecule is C=CN=C(C#N)/C(C)=C(/N)CN. The van der Waals surface area contributed by atoms with Crippen LogP contribution in [-0.4, -0.2) is 12.3 Å². The van der Waals surface area contributed by atoms with Crippen LogP contribution >= 0.6 is 0 Å². The molecule has 4 N–H and O–H groups in total. The molecule has 0 aromatic rings. The van der Waals surface area contributed by atoms with Crippen LogP contribution in [0.3, 0.4) is 0 Å². The normalized spacial score (nSPS) is 13.2. The van der Waals surface area contributed by atoms with Gasteiger partial charge in [0.05, 0.1) is 0 Å². The number of hydrogen-bond acceptors (Lipinski definition) is 4. The quantitative estimate of drug-likeness (QED) is 0.587. The summed E-state index contributed by atoms with van der Waals surface area (Å²) < 4.78 is 0. The van der Waals surface area contributed by atoms with Crippen LogP contribution < -0.4 is 11.5 Å². The lowest BCUT2D eigenvalue weighted by Gasteiger charge is -2.01. The second-order valence-corrected chi connectivity index (χ2v) is 2.13. The van der Waals surface area contributed by atoms with Gasteiger partial charge in [-0.05, 0) is 6.92 Å². The largest absolute Gasteiger partial charge is 0.401 e. The van der Waals surface area contributed by atoms with E-state index in [2.05, 4.69) is 11.6 Å². The number of rotatable bonds is 3. The Kier molecular flexibility index (Phi) is 4.42. The van der Waals surface area contributed by atoms with Crippen LogP contribution in [0.2, 0.25) is 0 Å². The first-order valence-corrected chi connectivity index (χ1v) is 3.41. The minimum Gasteiger partial charge on any atom is -0.401 e. The van der Waals surface area contributed by atoms with Crippen LogP contribution in [0, 0.1) is 11.3 Å². The predicted octanol–water partition coefficient (Wildman–Crippen LogP) is 0.286. The Morgan fingerprint density at radius 2 is 2.33 bits per heavy atom. The van der Waals surface area contributed by atoms with E-state index in [0.29, 0.717) is 11.3 Å². The van der Waals surface area contributed by atoms with E-state index in [1.54, 1.807) is 6.92 Å². The van der Waals surface area contributed by atoms with Gasteiger partial charge in [0, 0.05) is 24.0 Å². The molecule has 0 amide bonds. The van der Waals surface area contributed by atoms with Crippen molar-refractivity contribution in [2.75, 3.05) is 6.54 Å². The molecule has 64 valence electrons. The Bertz CT molecular complexity index is 267. The lowest BCUT2D eigenvalue weighted by Crippen LogP contribution is -2.16. The van der Waals surface area contributed by atoms with Crippen molar-refractivity contribution in [2.45, 2.75) is 6.92 Å². The van der Waals surface area contributed by atoms with Gasteiger partial charge in [0.25, 0.3) is 0 Å². The fourth-order valence-electron chi connectivity index (χ4n) is 0.606. The number of aliphatic imine (C=N–C) groups is 1. The van der Waals surface area contributed by atoms with Gasteiger partial charge in [-0.2, -0.15) is 5.26 Å². The van der Waals surface area contributed by atoms with Gasteiger partial charge in [0.1, 0.15) is 11.8 Å². The van der Waals surface area contributed by atoms with Gasteiger partial charge < -0.3 is 11.5 Å². The minimum absolute atomic E-state index is 0.226. The molecule has 0 saturated heterocycles. The Morgan fingerprint density at radius 1 is 1.75 bits per heavy atom. The topological polar surface area (TPSA) is 88.2 Å². The van der Waals surface area contributed by atoms with E-state index < -0.39 is 0 Å². The maximum Gasteiger partial charge on any atom is 0.145 e. The Morgan fingerprint density at radius 3 is 2.67 bits per heavy atom. The third kappa shape index (κ3) is 2.56. The summed E-state index contributed by atoms with van der Waals surface area (Å²) in [6.07, 6.45) is 1.30. The Hall–Kier alpha value is -1.60. The molecule has 0 radical (unpaired) electrons. The number of hydrogen-bond donors (Lipinski definition) is 2. The van der Waals surface area contributed by atoms with Crippen LogP contribution in [0.4, 0.5) is 0 Å². The molecule has 0 aliphatic heterocycles. The summed E-state index contributed by atoms with van der Waals surface area (Å²) in [6.45, 7) is 5.31. The molecule has 0 heterocycles. The third-order valence-electron chi connectivity index (χ3n) is 1.38. The van der Waals surface area contributed by atoms with Gasteiger partial charge >= 0.3 is 0 Å². The molecular formula is C8H12N4. The van der Waals surface area contributed by atoms with Crippen molar-refractivity contribution in [2.24, 2.45) is 16.5 Å². The molecule has 0 atom stereocenters. The van der Waals surface area contributed by atoms with Crippen LogP contribution in [-0.2, 0) is 0 Å². The molecule has 0 saturated carbocycles. The molecule has 0 spiro atoms. The van der Waals surface area contributed by atoms with Crippen LogP contribution in [0.1, 0.15) is 6.92 Å². The second-order valence-electron chi connectivity index (χ2n) is 2.13. The number of allylic oxidation sites excluding steroid dienone is 1. The van der Waals surface area contributed by atoms with Gasteiger partial charge in [0.15, 0.2) is 0 Å². The van der Waals surface area contributed by atoms with Gasteiger partial charge in [-0.25, -0.2) is 4.99 Å². The molecular weight excluding hydrogens is 152 g/mol. The minimum atomic E-state index is 0.226. The van der Waals surface area contributed by atoms with Crippen molar-refractivity contribution in [1.82, 2.24) is 0 Å². The zero-order chi connectivity index (χ0) is 9.56. The molecule has 0 rings (SSSR count). The van der Waals surface area contributed by atoms with E-state index in [0.717, 1.165) is 0 Å². The highest BCUT2D eigenvalue weighted by atomic mass is 14.7. The van der Waals surface area contributed by atoms with E-state index in [9.17, 15) is 0 Å². The molecule has 0 unspecified atom stereocenters. The average Bonchev–Trinajstić information content (AvgIpc) is 2.11. The summed E-state index contributed by atoms with van der Waals surface area (Å²) in [5.74, 6) is 0. The monoisotopic (exact) mass is 164 g/mol. The number of nitrogens with zero attached hydrogens (tertiary/aromatic N) is 2. The number of nitrogens with two attached hydrogens (primary N) is 2. The maximum absolute atomic E-state index is 8.61. The third-order valence-corrected chi connectivity index (χ3v) is 1.38. The highest BCUT2D eigenvalue weighted by Gasteiger charge is 2.02. The van der Waals surface area contributed by atoms with Gasteiger partial charge in [-0.15, -0.1) is 0 Å². The molecule has 4 nitrogen and oxygen atoms in total. The van der Waals surface area contributed by atoms with Crippen molar-refractivity contribution in [3.63, 3.8) is 0 Å². The summed E-state index contributed by atoms with van der Waals surface area (Å²) in [4.78, 5) is 3.74. The highest BCUT2D eigenvalue weighted by Crippen LogP contribution is 2.00. The fraction of sp³-hybridized carbons (Fsp3) is 0.250. The van der Waals surface area contributed by atoms with Gasteiger partial charge in [-0.3, -0.25) is 0 Å². The average molecular weight is 164 g/mol. The molecule has 0 aliphatic rings.